The molecule has 0 aliphatic rings. The van der Waals surface area contributed by atoms with Gasteiger partial charge in [-0.15, -0.1) is 0 Å². The van der Waals surface area contributed by atoms with E-state index in [9.17, 15) is 0 Å². The normalized spacial score (nSPS) is 11.3. The topological polar surface area (TPSA) is 51.6 Å². The van der Waals surface area contributed by atoms with Crippen LogP contribution in [0.25, 0.3) is 88.9 Å². The molecule has 0 aliphatic carbocycles. The molecule has 0 unspecified atom stereocenters. The zero-order valence-corrected chi connectivity index (χ0v) is 26.0. The van der Waals surface area contributed by atoms with Crippen LogP contribution in [-0.2, 0) is 0 Å². The van der Waals surface area contributed by atoms with Crippen molar-refractivity contribution in [3.63, 3.8) is 0 Å². The Bertz CT molecular complexity index is 2610. The van der Waals surface area contributed by atoms with Gasteiger partial charge in [-0.05, 0) is 62.3 Å². The van der Waals surface area contributed by atoms with Crippen molar-refractivity contribution < 1.29 is 0 Å². The maximum absolute atomic E-state index is 5.03. The Morgan fingerprint density at radius 1 is 0.271 bits per heavy atom. The SMILES string of the molecule is c1ccc(-c2nc(-c3ccc(-c4ccc5ccccc5c4)cc3)nc(-c3ccc4ccc(-c5cc6ccccc6cn5)cc4c3)n2)cc1. The highest BCUT2D eigenvalue weighted by molar-refractivity contribution is 5.92. The Kier molecular flexibility index (Phi) is 6.76. The molecule has 9 rings (SSSR count). The second-order valence-corrected chi connectivity index (χ2v) is 12.0. The van der Waals surface area contributed by atoms with Crippen molar-refractivity contribution in [1.29, 1.82) is 0 Å². The minimum atomic E-state index is 0.633. The van der Waals surface area contributed by atoms with E-state index in [1.54, 1.807) is 0 Å². The van der Waals surface area contributed by atoms with Gasteiger partial charge in [0.2, 0.25) is 0 Å². The van der Waals surface area contributed by atoms with Gasteiger partial charge in [0, 0.05) is 33.8 Å². The number of aromatic nitrogens is 4. The first-order valence-corrected chi connectivity index (χ1v) is 16.0. The second kappa shape index (κ2) is 11.7. The van der Waals surface area contributed by atoms with Gasteiger partial charge < -0.3 is 0 Å². The smallest absolute Gasteiger partial charge is 0.164 e. The summed E-state index contributed by atoms with van der Waals surface area (Å²) in [6, 6.07) is 56.9. The van der Waals surface area contributed by atoms with Crippen LogP contribution in [0.15, 0.2) is 170 Å². The van der Waals surface area contributed by atoms with E-state index in [0.29, 0.717) is 17.5 Å². The summed E-state index contributed by atoms with van der Waals surface area (Å²) in [6.07, 6.45) is 1.94. The predicted octanol–water partition coefficient (Wildman–Crippen LogP) is 11.1. The van der Waals surface area contributed by atoms with E-state index in [1.165, 1.54) is 21.7 Å². The van der Waals surface area contributed by atoms with Gasteiger partial charge in [-0.1, -0.05) is 140 Å². The lowest BCUT2D eigenvalue weighted by Gasteiger charge is -2.10. The lowest BCUT2D eigenvalue weighted by atomic mass is 10.00. The summed E-state index contributed by atoms with van der Waals surface area (Å²) in [4.78, 5) is 19.7. The molecule has 4 heteroatoms. The van der Waals surface area contributed by atoms with Crippen molar-refractivity contribution in [2.24, 2.45) is 0 Å². The third-order valence-corrected chi connectivity index (χ3v) is 8.92. The molecule has 0 N–H and O–H groups in total. The fraction of sp³-hybridized carbons (Fsp3) is 0. The fourth-order valence-electron chi connectivity index (χ4n) is 6.32. The first-order chi connectivity index (χ1) is 23.7. The number of pyridine rings is 1. The van der Waals surface area contributed by atoms with Gasteiger partial charge in [0.25, 0.3) is 0 Å². The molecule has 0 amide bonds. The number of rotatable bonds is 5. The Morgan fingerprint density at radius 2 is 0.729 bits per heavy atom. The third kappa shape index (κ3) is 5.25. The number of benzene rings is 7. The molecule has 0 fully saturated rings. The first kappa shape index (κ1) is 27.8. The van der Waals surface area contributed by atoms with Crippen LogP contribution in [0.3, 0.4) is 0 Å². The minimum Gasteiger partial charge on any atom is -0.256 e. The molecule has 2 aromatic heterocycles. The molecule has 9 aromatic rings. The summed E-state index contributed by atoms with van der Waals surface area (Å²) >= 11 is 0. The van der Waals surface area contributed by atoms with Crippen LogP contribution in [-0.4, -0.2) is 19.9 Å². The quantitative estimate of drug-likeness (QED) is 0.194. The summed E-state index contributed by atoms with van der Waals surface area (Å²) in [5.74, 6) is 1.91. The van der Waals surface area contributed by atoms with Crippen molar-refractivity contribution in [2.45, 2.75) is 0 Å². The summed E-state index contributed by atoms with van der Waals surface area (Å²) in [7, 11) is 0. The van der Waals surface area contributed by atoms with E-state index < -0.39 is 0 Å². The highest BCUT2D eigenvalue weighted by Crippen LogP contribution is 2.31. The number of hydrogen-bond donors (Lipinski definition) is 0. The summed E-state index contributed by atoms with van der Waals surface area (Å²) < 4.78 is 0. The number of hydrogen-bond acceptors (Lipinski definition) is 4. The van der Waals surface area contributed by atoms with Crippen molar-refractivity contribution in [3.05, 3.63) is 170 Å². The monoisotopic (exact) mass is 612 g/mol. The van der Waals surface area contributed by atoms with Crippen molar-refractivity contribution in [3.8, 4) is 56.5 Å². The summed E-state index contributed by atoms with van der Waals surface area (Å²) in [5.41, 5.74) is 7.15. The molecule has 0 bridgehead atoms. The average Bonchev–Trinajstić information content (AvgIpc) is 3.17. The third-order valence-electron chi connectivity index (χ3n) is 8.92. The van der Waals surface area contributed by atoms with Crippen LogP contribution in [0.5, 0.6) is 0 Å². The van der Waals surface area contributed by atoms with E-state index in [4.69, 9.17) is 19.9 Å². The summed E-state index contributed by atoms with van der Waals surface area (Å²) in [5, 5.41) is 7.01. The van der Waals surface area contributed by atoms with Crippen LogP contribution < -0.4 is 0 Å². The molecule has 0 radical (unpaired) electrons. The molecule has 0 aliphatic heterocycles. The van der Waals surface area contributed by atoms with Gasteiger partial charge in [-0.2, -0.15) is 0 Å². The van der Waals surface area contributed by atoms with E-state index in [0.717, 1.165) is 49.7 Å². The maximum Gasteiger partial charge on any atom is 0.164 e. The molecule has 0 atom stereocenters. The van der Waals surface area contributed by atoms with E-state index in [-0.39, 0.29) is 0 Å². The van der Waals surface area contributed by atoms with Gasteiger partial charge in [-0.3, -0.25) is 4.98 Å². The number of nitrogens with zero attached hydrogens (tertiary/aromatic N) is 4. The van der Waals surface area contributed by atoms with Gasteiger partial charge >= 0.3 is 0 Å². The van der Waals surface area contributed by atoms with Gasteiger partial charge in [0.05, 0.1) is 5.69 Å². The second-order valence-electron chi connectivity index (χ2n) is 12.0. The Balaban J connectivity index is 1.12. The lowest BCUT2D eigenvalue weighted by molar-refractivity contribution is 1.07. The van der Waals surface area contributed by atoms with Crippen LogP contribution in [0.2, 0.25) is 0 Å². The highest BCUT2D eigenvalue weighted by atomic mass is 15.0. The molecule has 0 saturated carbocycles. The van der Waals surface area contributed by atoms with Crippen LogP contribution in [0.1, 0.15) is 0 Å². The largest absolute Gasteiger partial charge is 0.256 e. The molecule has 48 heavy (non-hydrogen) atoms. The van der Waals surface area contributed by atoms with Gasteiger partial charge in [0.15, 0.2) is 17.5 Å². The zero-order valence-electron chi connectivity index (χ0n) is 26.0. The number of fused-ring (bicyclic) bond motifs is 3. The molecule has 7 aromatic carbocycles. The Morgan fingerprint density at radius 3 is 1.46 bits per heavy atom. The van der Waals surface area contributed by atoms with E-state index in [1.807, 2.05) is 42.6 Å². The highest BCUT2D eigenvalue weighted by Gasteiger charge is 2.14. The van der Waals surface area contributed by atoms with Gasteiger partial charge in [-0.25, -0.2) is 15.0 Å². The standard InChI is InChI=1S/C44H28N4/c1-2-9-32(10-3-1)42-46-43(33-19-14-30(15-20-33)36-21-16-29-8-4-5-11-34(29)24-36)48-44(47-42)38-23-18-31-17-22-37(25-40(31)26-38)41-27-35-12-6-7-13-39(35)28-45-41/h1-28H. The van der Waals surface area contributed by atoms with E-state index >= 15 is 0 Å². The average molecular weight is 613 g/mol. The van der Waals surface area contributed by atoms with E-state index in [2.05, 4.69) is 127 Å². The van der Waals surface area contributed by atoms with Crippen LogP contribution in [0.4, 0.5) is 0 Å². The first-order valence-electron chi connectivity index (χ1n) is 16.0. The summed E-state index contributed by atoms with van der Waals surface area (Å²) in [6.45, 7) is 0. The maximum atomic E-state index is 5.03. The molecule has 224 valence electrons. The van der Waals surface area contributed by atoms with Crippen molar-refractivity contribution >= 4 is 32.3 Å². The van der Waals surface area contributed by atoms with Crippen molar-refractivity contribution in [2.75, 3.05) is 0 Å². The minimum absolute atomic E-state index is 0.633. The predicted molar refractivity (Wildman–Crippen MR) is 197 cm³/mol. The van der Waals surface area contributed by atoms with Crippen LogP contribution >= 0.6 is 0 Å². The molecule has 0 saturated heterocycles. The molecular formula is C44H28N4. The Labute approximate surface area is 278 Å². The van der Waals surface area contributed by atoms with Gasteiger partial charge in [0.1, 0.15) is 0 Å². The lowest BCUT2D eigenvalue weighted by Crippen LogP contribution is -2.00. The molecule has 4 nitrogen and oxygen atoms in total. The molecule has 2 heterocycles. The molecule has 0 spiro atoms. The zero-order chi connectivity index (χ0) is 31.9. The van der Waals surface area contributed by atoms with Crippen molar-refractivity contribution in [1.82, 2.24) is 19.9 Å². The fourth-order valence-corrected chi connectivity index (χ4v) is 6.32. The Hall–Kier alpha value is -6.52. The van der Waals surface area contributed by atoms with Crippen LogP contribution in [0, 0.1) is 0 Å². The molecular weight excluding hydrogens is 585 g/mol.